The zero-order valence-corrected chi connectivity index (χ0v) is 9.15. The predicted octanol–water partition coefficient (Wildman–Crippen LogP) is 2.20. The highest BCUT2D eigenvalue weighted by molar-refractivity contribution is 6.18. The van der Waals surface area contributed by atoms with E-state index >= 15 is 0 Å². The van der Waals surface area contributed by atoms with E-state index < -0.39 is 0 Å². The molecule has 0 heterocycles. The summed E-state index contributed by atoms with van der Waals surface area (Å²) in [5.41, 5.74) is 0. The molecule has 0 aromatic rings. The Labute approximate surface area is 75.9 Å². The summed E-state index contributed by atoms with van der Waals surface area (Å²) in [5, 5.41) is 0. The van der Waals surface area contributed by atoms with Crippen LogP contribution in [0.25, 0.3) is 0 Å². The van der Waals surface area contributed by atoms with Crippen LogP contribution in [0.4, 0.5) is 0 Å². The second-order valence-electron chi connectivity index (χ2n) is 4.58. The first-order chi connectivity index (χ1) is 4.87. The first kappa shape index (κ1) is 11.2. The maximum absolute atomic E-state index is 5.77. The second-order valence-corrected chi connectivity index (χ2v) is 4.89. The second kappa shape index (κ2) is 4.32. The minimum atomic E-state index is 0.633. The van der Waals surface area contributed by atoms with Crippen molar-refractivity contribution in [2.45, 2.75) is 13.8 Å². The van der Waals surface area contributed by atoms with Crippen molar-refractivity contribution >= 4 is 11.6 Å². The third-order valence-electron chi connectivity index (χ3n) is 2.05. The molecule has 0 N–H and O–H groups in total. The minimum Gasteiger partial charge on any atom is -0.331 e. The molecular weight excluding hydrogens is 158 g/mol. The van der Waals surface area contributed by atoms with Gasteiger partial charge in [-0.25, -0.2) is 0 Å². The lowest BCUT2D eigenvalue weighted by Gasteiger charge is -2.29. The van der Waals surface area contributed by atoms with Gasteiger partial charge in [-0.2, -0.15) is 0 Å². The topological polar surface area (TPSA) is 0 Å². The van der Waals surface area contributed by atoms with Crippen LogP contribution in [0.15, 0.2) is 0 Å². The van der Waals surface area contributed by atoms with E-state index in [1.54, 1.807) is 0 Å². The van der Waals surface area contributed by atoms with Gasteiger partial charge in [-0.05, 0) is 5.92 Å². The van der Waals surface area contributed by atoms with Crippen molar-refractivity contribution in [3.63, 3.8) is 0 Å². The van der Waals surface area contributed by atoms with Gasteiger partial charge in [-0.3, -0.25) is 0 Å². The van der Waals surface area contributed by atoms with Crippen LogP contribution in [0.2, 0.25) is 0 Å². The molecule has 0 aliphatic rings. The van der Waals surface area contributed by atoms with Crippen molar-refractivity contribution in [3.05, 3.63) is 0 Å². The number of alkyl halides is 1. The Hall–Kier alpha value is 0.250. The number of halogens is 1. The highest BCUT2D eigenvalue weighted by Gasteiger charge is 2.18. The van der Waals surface area contributed by atoms with Gasteiger partial charge in [0.2, 0.25) is 0 Å². The average Bonchev–Trinajstić information content (AvgIpc) is 1.82. The average molecular weight is 179 g/mol. The summed E-state index contributed by atoms with van der Waals surface area (Å²) in [6, 6.07) is 0. The SMILES string of the molecule is CC(CCl)C(C)C[N+](C)(C)C. The number of hydrogen-bond acceptors (Lipinski definition) is 0. The van der Waals surface area contributed by atoms with Gasteiger partial charge in [0.05, 0.1) is 27.7 Å². The largest absolute Gasteiger partial charge is 0.331 e. The molecule has 0 fully saturated rings. The third-order valence-corrected chi connectivity index (χ3v) is 2.54. The Bertz CT molecular complexity index is 107. The molecule has 0 aromatic carbocycles. The highest BCUT2D eigenvalue weighted by atomic mass is 35.5. The van der Waals surface area contributed by atoms with Crippen molar-refractivity contribution in [2.75, 3.05) is 33.6 Å². The van der Waals surface area contributed by atoms with Gasteiger partial charge in [-0.1, -0.05) is 13.8 Å². The van der Waals surface area contributed by atoms with E-state index in [4.69, 9.17) is 11.6 Å². The van der Waals surface area contributed by atoms with E-state index in [2.05, 4.69) is 35.0 Å². The normalized spacial score (nSPS) is 18.0. The van der Waals surface area contributed by atoms with Gasteiger partial charge in [0, 0.05) is 11.8 Å². The first-order valence-corrected chi connectivity index (χ1v) is 4.76. The zero-order valence-electron chi connectivity index (χ0n) is 8.39. The van der Waals surface area contributed by atoms with Crippen molar-refractivity contribution in [2.24, 2.45) is 11.8 Å². The van der Waals surface area contributed by atoms with Gasteiger partial charge < -0.3 is 4.48 Å². The van der Waals surface area contributed by atoms with Crippen molar-refractivity contribution in [3.8, 4) is 0 Å². The van der Waals surface area contributed by atoms with Gasteiger partial charge >= 0.3 is 0 Å². The minimum absolute atomic E-state index is 0.633. The third kappa shape index (κ3) is 5.51. The number of nitrogens with zero attached hydrogens (tertiary/aromatic N) is 1. The van der Waals surface area contributed by atoms with E-state index in [1.165, 1.54) is 6.54 Å². The lowest BCUT2D eigenvalue weighted by atomic mass is 9.97. The van der Waals surface area contributed by atoms with Crippen LogP contribution in [-0.2, 0) is 0 Å². The van der Waals surface area contributed by atoms with Gasteiger partial charge in [0.15, 0.2) is 0 Å². The lowest BCUT2D eigenvalue weighted by Crippen LogP contribution is -2.40. The molecule has 2 unspecified atom stereocenters. The van der Waals surface area contributed by atoms with Gasteiger partial charge in [0.1, 0.15) is 0 Å². The van der Waals surface area contributed by atoms with Crippen LogP contribution in [0, 0.1) is 11.8 Å². The molecule has 0 aliphatic heterocycles. The molecular formula is C9H21ClN+. The van der Waals surface area contributed by atoms with Gasteiger partial charge in [-0.15, -0.1) is 11.6 Å². The standard InChI is InChI=1S/C9H21ClN/c1-8(6-10)9(2)7-11(3,4)5/h8-9H,6-7H2,1-5H3/q+1. The lowest BCUT2D eigenvalue weighted by molar-refractivity contribution is -0.874. The summed E-state index contributed by atoms with van der Waals surface area (Å²) >= 11 is 5.77. The fraction of sp³-hybridized carbons (Fsp3) is 1.00. The van der Waals surface area contributed by atoms with Crippen LogP contribution >= 0.6 is 11.6 Å². The van der Waals surface area contributed by atoms with Crippen molar-refractivity contribution in [1.82, 2.24) is 0 Å². The van der Waals surface area contributed by atoms with Crippen LogP contribution in [0.1, 0.15) is 13.8 Å². The first-order valence-electron chi connectivity index (χ1n) is 4.23. The van der Waals surface area contributed by atoms with E-state index in [-0.39, 0.29) is 0 Å². The van der Waals surface area contributed by atoms with E-state index in [0.717, 1.165) is 10.4 Å². The molecule has 1 nitrogen and oxygen atoms in total. The van der Waals surface area contributed by atoms with Crippen molar-refractivity contribution in [1.29, 1.82) is 0 Å². The monoisotopic (exact) mass is 178 g/mol. The zero-order chi connectivity index (χ0) is 9.07. The van der Waals surface area contributed by atoms with Crippen LogP contribution in [0.5, 0.6) is 0 Å². The summed E-state index contributed by atoms with van der Waals surface area (Å²) in [4.78, 5) is 0. The molecule has 0 aliphatic carbocycles. The van der Waals surface area contributed by atoms with E-state index in [9.17, 15) is 0 Å². The molecule has 0 spiro atoms. The Morgan fingerprint density at radius 3 is 1.82 bits per heavy atom. The summed E-state index contributed by atoms with van der Waals surface area (Å²) in [5.74, 6) is 2.13. The summed E-state index contributed by atoms with van der Waals surface area (Å²) in [7, 11) is 6.66. The molecule has 0 aromatic heterocycles. The molecule has 0 amide bonds. The number of rotatable bonds is 4. The van der Waals surface area contributed by atoms with E-state index in [1.807, 2.05) is 0 Å². The summed E-state index contributed by atoms with van der Waals surface area (Å²) in [6.07, 6.45) is 0. The molecule has 0 saturated heterocycles. The molecule has 0 bridgehead atoms. The van der Waals surface area contributed by atoms with E-state index in [0.29, 0.717) is 11.8 Å². The number of quaternary nitrogens is 1. The van der Waals surface area contributed by atoms with Crippen LogP contribution < -0.4 is 0 Å². The molecule has 68 valence electrons. The predicted molar refractivity (Wildman–Crippen MR) is 51.9 cm³/mol. The summed E-state index contributed by atoms with van der Waals surface area (Å²) in [6.45, 7) is 5.69. The number of hydrogen-bond donors (Lipinski definition) is 0. The fourth-order valence-corrected chi connectivity index (χ4v) is 1.50. The van der Waals surface area contributed by atoms with Crippen LogP contribution in [-0.4, -0.2) is 38.1 Å². The molecule has 2 heteroatoms. The Morgan fingerprint density at radius 2 is 1.55 bits per heavy atom. The highest BCUT2D eigenvalue weighted by Crippen LogP contribution is 2.14. The van der Waals surface area contributed by atoms with Gasteiger partial charge in [0.25, 0.3) is 0 Å². The molecule has 11 heavy (non-hydrogen) atoms. The van der Waals surface area contributed by atoms with Crippen LogP contribution in [0.3, 0.4) is 0 Å². The molecule has 0 rings (SSSR count). The Balaban J connectivity index is 3.77. The summed E-state index contributed by atoms with van der Waals surface area (Å²) < 4.78 is 1.03. The fourth-order valence-electron chi connectivity index (χ4n) is 1.20. The smallest absolute Gasteiger partial charge is 0.0809 e. The quantitative estimate of drug-likeness (QED) is 0.458. The maximum atomic E-state index is 5.77. The van der Waals surface area contributed by atoms with Crippen molar-refractivity contribution < 1.29 is 4.48 Å². The Morgan fingerprint density at radius 1 is 1.09 bits per heavy atom. The molecule has 2 atom stereocenters. The Kier molecular flexibility index (Phi) is 4.42. The molecule has 0 radical (unpaired) electrons. The molecule has 0 saturated carbocycles. The maximum Gasteiger partial charge on any atom is 0.0809 e.